The highest BCUT2D eigenvalue weighted by Gasteiger charge is 2.40. The maximum absolute atomic E-state index is 12.3. The molecular weight excluding hydrogens is 238 g/mol. The van der Waals surface area contributed by atoms with Crippen LogP contribution in [0, 0.1) is 11.8 Å². The molecule has 0 aliphatic heterocycles. The first-order valence-electron chi connectivity index (χ1n) is 7.27. The van der Waals surface area contributed by atoms with Crippen LogP contribution in [0.2, 0.25) is 0 Å². The van der Waals surface area contributed by atoms with Crippen molar-refractivity contribution in [2.24, 2.45) is 11.8 Å². The number of pyridine rings is 1. The molecule has 2 saturated carbocycles. The number of hydrogen-bond donors (Lipinski definition) is 2. The van der Waals surface area contributed by atoms with Crippen LogP contribution in [0.25, 0.3) is 0 Å². The summed E-state index contributed by atoms with van der Waals surface area (Å²) >= 11 is 0. The lowest BCUT2D eigenvalue weighted by molar-refractivity contribution is 0.0923. The Balaban J connectivity index is 1.65. The van der Waals surface area contributed by atoms with Gasteiger partial charge in [0.1, 0.15) is 5.82 Å². The molecule has 0 spiro atoms. The number of nitrogens with one attached hydrogen (secondary N) is 2. The molecule has 0 aromatic carbocycles. The summed E-state index contributed by atoms with van der Waals surface area (Å²) in [5.74, 6) is 2.37. The normalized spacial score (nSPS) is 28.4. The van der Waals surface area contributed by atoms with Crippen LogP contribution < -0.4 is 10.6 Å². The van der Waals surface area contributed by atoms with E-state index in [-0.39, 0.29) is 5.91 Å². The molecular formula is C15H21N3O. The molecule has 1 aromatic rings. The highest BCUT2D eigenvalue weighted by Crippen LogP contribution is 2.44. The standard InChI is InChI=1S/C15H21N3O/c1-2-16-14-9-12(5-6-17-14)15(19)18-13-8-10-3-4-11(13)7-10/h5-6,9-11,13H,2-4,7-8H2,1H3,(H,16,17)(H,18,19). The first-order valence-corrected chi connectivity index (χ1v) is 7.27. The monoisotopic (exact) mass is 259 g/mol. The van der Waals surface area contributed by atoms with Crippen molar-refractivity contribution in [1.29, 1.82) is 0 Å². The highest BCUT2D eigenvalue weighted by molar-refractivity contribution is 5.95. The van der Waals surface area contributed by atoms with E-state index in [2.05, 4.69) is 15.6 Å². The number of carbonyl (C=O) groups is 1. The summed E-state index contributed by atoms with van der Waals surface area (Å²) in [5.41, 5.74) is 0.703. The average molecular weight is 259 g/mol. The molecule has 3 rings (SSSR count). The fourth-order valence-electron chi connectivity index (χ4n) is 3.52. The van der Waals surface area contributed by atoms with Gasteiger partial charge in [-0.1, -0.05) is 6.42 Å². The van der Waals surface area contributed by atoms with Crippen molar-refractivity contribution in [3.63, 3.8) is 0 Å². The topological polar surface area (TPSA) is 54.0 Å². The van der Waals surface area contributed by atoms with Crippen LogP contribution in [-0.4, -0.2) is 23.5 Å². The Morgan fingerprint density at radius 1 is 1.42 bits per heavy atom. The Hall–Kier alpha value is -1.58. The molecule has 2 aliphatic carbocycles. The van der Waals surface area contributed by atoms with Crippen LogP contribution in [0.3, 0.4) is 0 Å². The summed E-state index contributed by atoms with van der Waals surface area (Å²) in [6.07, 6.45) is 6.81. The predicted octanol–water partition coefficient (Wildman–Crippen LogP) is 2.43. The summed E-state index contributed by atoms with van der Waals surface area (Å²) in [6.45, 7) is 2.83. The van der Waals surface area contributed by atoms with E-state index in [1.807, 2.05) is 13.0 Å². The van der Waals surface area contributed by atoms with Gasteiger partial charge in [0.2, 0.25) is 0 Å². The van der Waals surface area contributed by atoms with E-state index >= 15 is 0 Å². The number of amides is 1. The molecule has 3 atom stereocenters. The van der Waals surface area contributed by atoms with Crippen LogP contribution in [0.15, 0.2) is 18.3 Å². The van der Waals surface area contributed by atoms with Gasteiger partial charge in [0.15, 0.2) is 0 Å². The van der Waals surface area contributed by atoms with E-state index in [0.29, 0.717) is 17.5 Å². The minimum atomic E-state index is 0.0408. The van der Waals surface area contributed by atoms with Crippen molar-refractivity contribution in [2.75, 3.05) is 11.9 Å². The third-order valence-electron chi connectivity index (χ3n) is 4.43. The predicted molar refractivity (Wildman–Crippen MR) is 75.1 cm³/mol. The Labute approximate surface area is 114 Å². The molecule has 0 saturated heterocycles. The van der Waals surface area contributed by atoms with Gasteiger partial charge in [-0.25, -0.2) is 4.98 Å². The first kappa shape index (κ1) is 12.5. The number of nitrogens with zero attached hydrogens (tertiary/aromatic N) is 1. The average Bonchev–Trinajstić information content (AvgIpc) is 3.02. The van der Waals surface area contributed by atoms with Crippen LogP contribution in [0.4, 0.5) is 5.82 Å². The fraction of sp³-hybridized carbons (Fsp3) is 0.600. The van der Waals surface area contributed by atoms with Gasteiger partial charge in [-0.05, 0) is 50.2 Å². The number of rotatable bonds is 4. The summed E-state index contributed by atoms with van der Waals surface area (Å²) in [6, 6.07) is 4.00. The summed E-state index contributed by atoms with van der Waals surface area (Å²) in [5, 5.41) is 6.33. The van der Waals surface area contributed by atoms with Gasteiger partial charge in [0.25, 0.3) is 5.91 Å². The number of aromatic nitrogens is 1. The second-order valence-corrected chi connectivity index (χ2v) is 5.71. The minimum absolute atomic E-state index is 0.0408. The molecule has 4 heteroatoms. The molecule has 2 N–H and O–H groups in total. The summed E-state index contributed by atoms with van der Waals surface area (Å²) < 4.78 is 0. The van der Waals surface area contributed by atoms with Gasteiger partial charge in [-0.3, -0.25) is 4.79 Å². The maximum atomic E-state index is 12.3. The van der Waals surface area contributed by atoms with Gasteiger partial charge >= 0.3 is 0 Å². The van der Waals surface area contributed by atoms with Crippen LogP contribution >= 0.6 is 0 Å². The van der Waals surface area contributed by atoms with Gasteiger partial charge in [0, 0.05) is 24.3 Å². The largest absolute Gasteiger partial charge is 0.370 e. The molecule has 4 nitrogen and oxygen atoms in total. The third kappa shape index (κ3) is 2.57. The molecule has 2 bridgehead atoms. The van der Waals surface area contributed by atoms with Gasteiger partial charge < -0.3 is 10.6 Å². The Kier molecular flexibility index (Phi) is 3.40. The van der Waals surface area contributed by atoms with Crippen molar-refractivity contribution in [1.82, 2.24) is 10.3 Å². The van der Waals surface area contributed by atoms with Crippen molar-refractivity contribution in [2.45, 2.75) is 38.6 Å². The highest BCUT2D eigenvalue weighted by atomic mass is 16.1. The van der Waals surface area contributed by atoms with E-state index in [1.54, 1.807) is 12.3 Å². The van der Waals surface area contributed by atoms with E-state index in [0.717, 1.165) is 18.3 Å². The van der Waals surface area contributed by atoms with Crippen molar-refractivity contribution in [3.8, 4) is 0 Å². The lowest BCUT2D eigenvalue weighted by atomic mass is 9.95. The molecule has 102 valence electrons. The molecule has 3 unspecified atom stereocenters. The number of hydrogen-bond acceptors (Lipinski definition) is 3. The Morgan fingerprint density at radius 2 is 2.32 bits per heavy atom. The molecule has 19 heavy (non-hydrogen) atoms. The fourth-order valence-corrected chi connectivity index (χ4v) is 3.52. The summed E-state index contributed by atoms with van der Waals surface area (Å²) in [7, 11) is 0. The number of anilines is 1. The SMILES string of the molecule is CCNc1cc(C(=O)NC2CC3CCC2C3)ccn1. The molecule has 1 heterocycles. The minimum Gasteiger partial charge on any atom is -0.370 e. The van der Waals surface area contributed by atoms with E-state index in [4.69, 9.17) is 0 Å². The number of fused-ring (bicyclic) bond motifs is 2. The molecule has 0 radical (unpaired) electrons. The van der Waals surface area contributed by atoms with Crippen molar-refractivity contribution in [3.05, 3.63) is 23.9 Å². The Bertz CT molecular complexity index is 474. The van der Waals surface area contributed by atoms with Gasteiger partial charge in [-0.2, -0.15) is 0 Å². The Morgan fingerprint density at radius 3 is 3.00 bits per heavy atom. The molecule has 2 fully saturated rings. The maximum Gasteiger partial charge on any atom is 0.251 e. The van der Waals surface area contributed by atoms with Crippen LogP contribution in [0.5, 0.6) is 0 Å². The first-order chi connectivity index (χ1) is 9.26. The molecule has 2 aliphatic rings. The van der Waals surface area contributed by atoms with Gasteiger partial charge in [0.05, 0.1) is 0 Å². The summed E-state index contributed by atoms with van der Waals surface area (Å²) in [4.78, 5) is 16.5. The van der Waals surface area contributed by atoms with Crippen molar-refractivity contribution < 1.29 is 4.79 Å². The third-order valence-corrected chi connectivity index (χ3v) is 4.43. The van der Waals surface area contributed by atoms with E-state index in [9.17, 15) is 4.79 Å². The van der Waals surface area contributed by atoms with E-state index < -0.39 is 0 Å². The van der Waals surface area contributed by atoms with Crippen molar-refractivity contribution >= 4 is 11.7 Å². The van der Waals surface area contributed by atoms with E-state index in [1.165, 1.54) is 25.7 Å². The zero-order valence-corrected chi connectivity index (χ0v) is 11.4. The zero-order chi connectivity index (χ0) is 13.2. The van der Waals surface area contributed by atoms with Crippen LogP contribution in [-0.2, 0) is 0 Å². The zero-order valence-electron chi connectivity index (χ0n) is 11.4. The van der Waals surface area contributed by atoms with Crippen LogP contribution in [0.1, 0.15) is 43.0 Å². The lowest BCUT2D eigenvalue weighted by Gasteiger charge is -2.22. The second-order valence-electron chi connectivity index (χ2n) is 5.71. The second kappa shape index (κ2) is 5.19. The number of carbonyl (C=O) groups excluding carboxylic acids is 1. The lowest BCUT2D eigenvalue weighted by Crippen LogP contribution is -2.38. The smallest absolute Gasteiger partial charge is 0.251 e. The van der Waals surface area contributed by atoms with Gasteiger partial charge in [-0.15, -0.1) is 0 Å². The molecule has 1 amide bonds. The molecule has 1 aromatic heterocycles. The quantitative estimate of drug-likeness (QED) is 0.873.